The number of hydrogen-bond acceptors (Lipinski definition) is 4. The number of piperidine rings is 1. The second kappa shape index (κ2) is 4.96. The first-order valence-corrected chi connectivity index (χ1v) is 5.57. The standard InChI is InChI=1S/C9H11Cl2N3O/c10-8-4-7(9(11)14-13-8)15-6-2-1-3-12-5-6/h4,6,12H,1-3,5H2/t6-/m0/s1. The second-order valence-electron chi connectivity index (χ2n) is 3.41. The van der Waals surface area contributed by atoms with Gasteiger partial charge in [0.15, 0.2) is 16.1 Å². The summed E-state index contributed by atoms with van der Waals surface area (Å²) in [6, 6.07) is 1.59. The first-order valence-electron chi connectivity index (χ1n) is 4.82. The quantitative estimate of drug-likeness (QED) is 0.868. The van der Waals surface area contributed by atoms with Gasteiger partial charge >= 0.3 is 0 Å². The third-order valence-electron chi connectivity index (χ3n) is 2.23. The van der Waals surface area contributed by atoms with Crippen molar-refractivity contribution in [2.24, 2.45) is 0 Å². The molecular formula is C9H11Cl2N3O. The molecule has 0 aliphatic carbocycles. The predicted octanol–water partition coefficient (Wildman–Crippen LogP) is 1.91. The maximum atomic E-state index is 5.84. The van der Waals surface area contributed by atoms with E-state index < -0.39 is 0 Å². The lowest BCUT2D eigenvalue weighted by Crippen LogP contribution is -2.37. The SMILES string of the molecule is Clc1cc(O[C@H]2CCCNC2)c(Cl)nn1. The molecule has 0 unspecified atom stereocenters. The summed E-state index contributed by atoms with van der Waals surface area (Å²) in [6.07, 6.45) is 2.26. The van der Waals surface area contributed by atoms with E-state index >= 15 is 0 Å². The molecule has 0 amide bonds. The molecule has 1 N–H and O–H groups in total. The molecule has 4 nitrogen and oxygen atoms in total. The van der Waals surface area contributed by atoms with Crippen molar-refractivity contribution < 1.29 is 4.74 Å². The van der Waals surface area contributed by atoms with Gasteiger partial charge in [-0.25, -0.2) is 0 Å². The fourth-order valence-corrected chi connectivity index (χ4v) is 1.79. The smallest absolute Gasteiger partial charge is 0.193 e. The van der Waals surface area contributed by atoms with Gasteiger partial charge in [-0.2, -0.15) is 0 Å². The van der Waals surface area contributed by atoms with Gasteiger partial charge in [0, 0.05) is 12.6 Å². The molecule has 0 aromatic carbocycles. The molecular weight excluding hydrogens is 237 g/mol. The molecule has 1 aromatic rings. The van der Waals surface area contributed by atoms with Crippen LogP contribution in [0.2, 0.25) is 10.3 Å². The zero-order valence-corrected chi connectivity index (χ0v) is 9.55. The van der Waals surface area contributed by atoms with Crippen molar-refractivity contribution in [1.82, 2.24) is 15.5 Å². The Kier molecular flexibility index (Phi) is 3.61. The molecule has 0 spiro atoms. The van der Waals surface area contributed by atoms with E-state index in [1.807, 2.05) is 0 Å². The Morgan fingerprint density at radius 3 is 3.00 bits per heavy atom. The highest BCUT2D eigenvalue weighted by atomic mass is 35.5. The van der Waals surface area contributed by atoms with Crippen molar-refractivity contribution in [3.8, 4) is 5.75 Å². The Hall–Kier alpha value is -0.580. The lowest BCUT2D eigenvalue weighted by atomic mass is 10.1. The average molecular weight is 248 g/mol. The molecule has 1 saturated heterocycles. The molecule has 0 saturated carbocycles. The molecule has 0 bridgehead atoms. The summed E-state index contributed by atoms with van der Waals surface area (Å²) in [7, 11) is 0. The van der Waals surface area contributed by atoms with E-state index in [-0.39, 0.29) is 16.4 Å². The molecule has 0 radical (unpaired) electrons. The summed E-state index contributed by atoms with van der Waals surface area (Å²) in [6.45, 7) is 1.87. The summed E-state index contributed by atoms with van der Waals surface area (Å²) < 4.78 is 5.69. The monoisotopic (exact) mass is 247 g/mol. The van der Waals surface area contributed by atoms with Gasteiger partial charge in [-0.15, -0.1) is 10.2 Å². The van der Waals surface area contributed by atoms with Crippen molar-refractivity contribution in [3.05, 3.63) is 16.4 Å². The minimum absolute atomic E-state index is 0.136. The van der Waals surface area contributed by atoms with Crippen LogP contribution >= 0.6 is 23.2 Å². The molecule has 1 aliphatic rings. The van der Waals surface area contributed by atoms with Crippen LogP contribution in [0.15, 0.2) is 6.07 Å². The minimum atomic E-state index is 0.136. The van der Waals surface area contributed by atoms with Crippen LogP contribution in [0.3, 0.4) is 0 Å². The Bertz CT molecular complexity index is 342. The van der Waals surface area contributed by atoms with Crippen LogP contribution in [0.25, 0.3) is 0 Å². The number of halogens is 2. The van der Waals surface area contributed by atoms with Crippen LogP contribution in [0, 0.1) is 0 Å². The van der Waals surface area contributed by atoms with Gasteiger partial charge in [0.2, 0.25) is 0 Å². The summed E-state index contributed by atoms with van der Waals surface area (Å²) in [5.74, 6) is 0.505. The van der Waals surface area contributed by atoms with Crippen LogP contribution in [0.5, 0.6) is 5.75 Å². The van der Waals surface area contributed by atoms with E-state index in [4.69, 9.17) is 27.9 Å². The van der Waals surface area contributed by atoms with Gasteiger partial charge in [0.1, 0.15) is 6.10 Å². The van der Waals surface area contributed by atoms with Gasteiger partial charge in [-0.05, 0) is 19.4 Å². The minimum Gasteiger partial charge on any atom is -0.486 e. The van der Waals surface area contributed by atoms with Crippen molar-refractivity contribution >= 4 is 23.2 Å². The van der Waals surface area contributed by atoms with E-state index in [0.29, 0.717) is 5.75 Å². The molecule has 1 fully saturated rings. The summed E-state index contributed by atoms with van der Waals surface area (Å²) >= 11 is 11.5. The molecule has 82 valence electrons. The van der Waals surface area contributed by atoms with E-state index in [2.05, 4.69) is 15.5 Å². The van der Waals surface area contributed by atoms with Crippen molar-refractivity contribution in [2.45, 2.75) is 18.9 Å². The van der Waals surface area contributed by atoms with Crippen LogP contribution in [-0.2, 0) is 0 Å². The number of ether oxygens (including phenoxy) is 1. The Labute approximate surface area is 97.9 Å². The first kappa shape index (κ1) is 10.9. The van der Waals surface area contributed by atoms with E-state index in [9.17, 15) is 0 Å². The van der Waals surface area contributed by atoms with E-state index in [0.717, 1.165) is 25.9 Å². The van der Waals surface area contributed by atoms with E-state index in [1.54, 1.807) is 6.07 Å². The number of hydrogen-bond donors (Lipinski definition) is 1. The van der Waals surface area contributed by atoms with Gasteiger partial charge in [-0.1, -0.05) is 23.2 Å². The lowest BCUT2D eigenvalue weighted by Gasteiger charge is -2.23. The van der Waals surface area contributed by atoms with Gasteiger partial charge in [-0.3, -0.25) is 0 Å². The summed E-state index contributed by atoms with van der Waals surface area (Å²) in [4.78, 5) is 0. The van der Waals surface area contributed by atoms with Crippen LogP contribution in [0.4, 0.5) is 0 Å². The normalized spacial score (nSPS) is 21.3. The zero-order valence-electron chi connectivity index (χ0n) is 8.04. The van der Waals surface area contributed by atoms with Gasteiger partial charge in [0.25, 0.3) is 0 Å². The lowest BCUT2D eigenvalue weighted by molar-refractivity contribution is 0.166. The third-order valence-corrected chi connectivity index (χ3v) is 2.68. The topological polar surface area (TPSA) is 47.0 Å². The van der Waals surface area contributed by atoms with Gasteiger partial charge < -0.3 is 10.1 Å². The molecule has 6 heteroatoms. The fourth-order valence-electron chi connectivity index (χ4n) is 1.52. The number of nitrogens with one attached hydrogen (secondary N) is 1. The van der Waals surface area contributed by atoms with Crippen molar-refractivity contribution in [2.75, 3.05) is 13.1 Å². The molecule has 1 atom stereocenters. The van der Waals surface area contributed by atoms with Crippen LogP contribution in [-0.4, -0.2) is 29.4 Å². The maximum absolute atomic E-state index is 5.84. The number of aromatic nitrogens is 2. The fraction of sp³-hybridized carbons (Fsp3) is 0.556. The summed E-state index contributed by atoms with van der Waals surface area (Å²) in [5.41, 5.74) is 0. The van der Waals surface area contributed by atoms with Crippen molar-refractivity contribution in [3.63, 3.8) is 0 Å². The highest BCUT2D eigenvalue weighted by Gasteiger charge is 2.16. The second-order valence-corrected chi connectivity index (χ2v) is 4.15. The molecule has 2 heterocycles. The highest BCUT2D eigenvalue weighted by molar-refractivity contribution is 6.32. The Morgan fingerprint density at radius 1 is 1.40 bits per heavy atom. The number of nitrogens with zero attached hydrogens (tertiary/aromatic N) is 2. The summed E-state index contributed by atoms with van der Waals surface area (Å²) in [5, 5.41) is 11.1. The average Bonchev–Trinajstić information content (AvgIpc) is 2.25. The third kappa shape index (κ3) is 2.93. The molecule has 1 aromatic heterocycles. The van der Waals surface area contributed by atoms with Crippen LogP contribution in [0.1, 0.15) is 12.8 Å². The Morgan fingerprint density at radius 2 is 2.27 bits per heavy atom. The van der Waals surface area contributed by atoms with Crippen LogP contribution < -0.4 is 10.1 Å². The molecule has 2 rings (SSSR count). The highest BCUT2D eigenvalue weighted by Crippen LogP contribution is 2.25. The van der Waals surface area contributed by atoms with E-state index in [1.165, 1.54) is 0 Å². The van der Waals surface area contributed by atoms with Gasteiger partial charge in [0.05, 0.1) is 0 Å². The number of rotatable bonds is 2. The zero-order chi connectivity index (χ0) is 10.7. The van der Waals surface area contributed by atoms with Crippen molar-refractivity contribution in [1.29, 1.82) is 0 Å². The maximum Gasteiger partial charge on any atom is 0.193 e. The Balaban J connectivity index is 2.05. The largest absolute Gasteiger partial charge is 0.486 e. The molecule has 1 aliphatic heterocycles. The molecule has 15 heavy (non-hydrogen) atoms. The predicted molar refractivity (Wildman–Crippen MR) is 58.6 cm³/mol. The first-order chi connectivity index (χ1) is 7.25.